The fourth-order valence-corrected chi connectivity index (χ4v) is 2.77. The maximum Gasteiger partial charge on any atom is 0.416 e. The number of carbonyl (C=O) groups excluding carboxylic acids is 1. The van der Waals surface area contributed by atoms with Crippen molar-refractivity contribution in [2.75, 3.05) is 5.32 Å². The number of hydrogen-bond donors (Lipinski definition) is 1. The molecule has 0 saturated carbocycles. The van der Waals surface area contributed by atoms with Gasteiger partial charge in [-0.25, -0.2) is 0 Å². The zero-order chi connectivity index (χ0) is 18.8. The molecule has 0 heterocycles. The van der Waals surface area contributed by atoms with Crippen LogP contribution in [-0.4, -0.2) is 12.5 Å². The summed E-state index contributed by atoms with van der Waals surface area (Å²) < 4.78 is 67.0. The molecule has 0 aromatic heterocycles. The summed E-state index contributed by atoms with van der Waals surface area (Å²) in [6.07, 6.45) is -4.54. The molecule has 1 N–H and O–H groups in total. The van der Waals surface area contributed by atoms with Gasteiger partial charge < -0.3 is 10.1 Å². The number of ether oxygens (including phenoxy) is 1. The Morgan fingerprint density at radius 1 is 1.16 bits per heavy atom. The number of alkyl halides is 5. The second kappa shape index (κ2) is 7.57. The Labute approximate surface area is 151 Å². The molecule has 1 amide bonds. The van der Waals surface area contributed by atoms with Crippen molar-refractivity contribution in [3.05, 3.63) is 57.0 Å². The number of benzene rings is 2. The van der Waals surface area contributed by atoms with Crippen LogP contribution < -0.4 is 10.1 Å². The van der Waals surface area contributed by atoms with Crippen molar-refractivity contribution >= 4 is 39.1 Å². The smallest absolute Gasteiger partial charge is 0.416 e. The molecule has 0 radical (unpaired) electrons. The predicted molar refractivity (Wildman–Crippen MR) is 85.2 cm³/mol. The summed E-state index contributed by atoms with van der Waals surface area (Å²) in [5.74, 6) is -1.18. The summed E-state index contributed by atoms with van der Waals surface area (Å²) >= 11 is 8.79. The number of amides is 1. The van der Waals surface area contributed by atoms with E-state index in [-0.39, 0.29) is 26.5 Å². The van der Waals surface area contributed by atoms with Crippen LogP contribution in [0.25, 0.3) is 0 Å². The Morgan fingerprint density at radius 2 is 1.76 bits per heavy atom. The number of halogens is 7. The van der Waals surface area contributed by atoms with Gasteiger partial charge in [-0.05, 0) is 52.3 Å². The van der Waals surface area contributed by atoms with Crippen LogP contribution in [0, 0.1) is 0 Å². The molecule has 3 nitrogen and oxygen atoms in total. The molecule has 0 aliphatic rings. The maximum atomic E-state index is 12.5. The minimum absolute atomic E-state index is 0.0722. The van der Waals surface area contributed by atoms with Gasteiger partial charge in [-0.2, -0.15) is 22.0 Å². The van der Waals surface area contributed by atoms with Crippen LogP contribution in [0.15, 0.2) is 40.9 Å². The Bertz CT molecular complexity index is 781. The molecule has 25 heavy (non-hydrogen) atoms. The third kappa shape index (κ3) is 5.05. The minimum atomic E-state index is -4.54. The third-order valence-corrected chi connectivity index (χ3v) is 3.75. The summed E-state index contributed by atoms with van der Waals surface area (Å²) in [7, 11) is 0. The van der Waals surface area contributed by atoms with Gasteiger partial charge in [0.25, 0.3) is 5.91 Å². The van der Waals surface area contributed by atoms with Crippen LogP contribution in [0.2, 0.25) is 5.02 Å². The normalized spacial score (nSPS) is 11.5. The summed E-state index contributed by atoms with van der Waals surface area (Å²) in [5, 5.41) is 2.40. The highest BCUT2D eigenvalue weighted by molar-refractivity contribution is 9.10. The number of rotatable bonds is 4. The zero-order valence-corrected chi connectivity index (χ0v) is 14.3. The van der Waals surface area contributed by atoms with E-state index >= 15 is 0 Å². The molecule has 0 atom stereocenters. The molecule has 0 spiro atoms. The average molecular weight is 445 g/mol. The first-order chi connectivity index (χ1) is 11.6. The Kier molecular flexibility index (Phi) is 5.89. The molecule has 10 heteroatoms. The second-order valence-corrected chi connectivity index (χ2v) is 5.96. The largest absolute Gasteiger partial charge is 0.431 e. The Morgan fingerprint density at radius 3 is 2.28 bits per heavy atom. The van der Waals surface area contributed by atoms with E-state index in [1.165, 1.54) is 12.1 Å². The van der Waals surface area contributed by atoms with Crippen LogP contribution in [0.5, 0.6) is 5.75 Å². The van der Waals surface area contributed by atoms with E-state index in [9.17, 15) is 26.7 Å². The molecular weight excluding hydrogens is 437 g/mol. The van der Waals surface area contributed by atoms with Crippen molar-refractivity contribution in [2.24, 2.45) is 0 Å². The van der Waals surface area contributed by atoms with Gasteiger partial charge in [-0.3, -0.25) is 4.79 Å². The van der Waals surface area contributed by atoms with E-state index in [1.54, 1.807) is 0 Å². The van der Waals surface area contributed by atoms with Gasteiger partial charge in [-0.15, -0.1) is 0 Å². The van der Waals surface area contributed by atoms with Gasteiger partial charge >= 0.3 is 12.8 Å². The van der Waals surface area contributed by atoms with Crippen LogP contribution in [0.1, 0.15) is 15.9 Å². The highest BCUT2D eigenvalue weighted by Gasteiger charge is 2.30. The lowest BCUT2D eigenvalue weighted by Gasteiger charge is -2.14. The first-order valence-corrected chi connectivity index (χ1v) is 7.67. The number of nitrogens with one attached hydrogen (secondary N) is 1. The SMILES string of the molecule is O=C(Nc1cc(Cl)cc(Br)c1OC(F)F)c1ccc(C(F)(F)F)cc1. The van der Waals surface area contributed by atoms with E-state index in [1.807, 2.05) is 0 Å². The van der Waals surface area contributed by atoms with E-state index in [2.05, 4.69) is 26.0 Å². The highest BCUT2D eigenvalue weighted by atomic mass is 79.9. The van der Waals surface area contributed by atoms with Crippen molar-refractivity contribution in [2.45, 2.75) is 12.8 Å². The van der Waals surface area contributed by atoms with Crippen molar-refractivity contribution < 1.29 is 31.5 Å². The average Bonchev–Trinajstić information content (AvgIpc) is 2.49. The zero-order valence-electron chi connectivity index (χ0n) is 12.0. The molecule has 0 unspecified atom stereocenters. The fourth-order valence-electron chi connectivity index (χ4n) is 1.87. The summed E-state index contributed by atoms with van der Waals surface area (Å²) in [5.41, 5.74) is -1.19. The van der Waals surface area contributed by atoms with E-state index in [0.717, 1.165) is 24.3 Å². The highest BCUT2D eigenvalue weighted by Crippen LogP contribution is 2.38. The van der Waals surface area contributed by atoms with Crippen molar-refractivity contribution in [3.63, 3.8) is 0 Å². The molecular formula is C15H8BrClF5NO2. The van der Waals surface area contributed by atoms with Gasteiger partial charge in [0, 0.05) is 10.6 Å². The molecule has 2 aromatic rings. The van der Waals surface area contributed by atoms with Crippen molar-refractivity contribution in [1.82, 2.24) is 0 Å². The topological polar surface area (TPSA) is 38.3 Å². The molecule has 0 aliphatic carbocycles. The lowest BCUT2D eigenvalue weighted by molar-refractivity contribution is -0.137. The van der Waals surface area contributed by atoms with E-state index < -0.39 is 24.3 Å². The van der Waals surface area contributed by atoms with Crippen molar-refractivity contribution in [3.8, 4) is 5.75 Å². The van der Waals surface area contributed by atoms with Crippen LogP contribution >= 0.6 is 27.5 Å². The lowest BCUT2D eigenvalue weighted by Crippen LogP contribution is -2.15. The Hall–Kier alpha value is -1.87. The number of anilines is 1. The molecule has 0 saturated heterocycles. The van der Waals surface area contributed by atoms with Crippen molar-refractivity contribution in [1.29, 1.82) is 0 Å². The molecule has 0 bridgehead atoms. The van der Waals surface area contributed by atoms with Crippen LogP contribution in [0.3, 0.4) is 0 Å². The standard InChI is InChI=1S/C15H8BrClF5NO2/c16-10-5-9(17)6-11(12(10)25-14(18)19)23-13(24)7-1-3-8(4-2-7)15(20,21)22/h1-6,14H,(H,23,24). The summed E-state index contributed by atoms with van der Waals surface area (Å²) in [4.78, 5) is 12.1. The lowest BCUT2D eigenvalue weighted by atomic mass is 10.1. The third-order valence-electron chi connectivity index (χ3n) is 2.94. The van der Waals surface area contributed by atoms with Crippen LogP contribution in [0.4, 0.5) is 27.6 Å². The summed E-state index contributed by atoms with van der Waals surface area (Å²) in [6.45, 7) is -3.15. The molecule has 0 aliphatic heterocycles. The monoisotopic (exact) mass is 443 g/mol. The first kappa shape index (κ1) is 19.5. The van der Waals surface area contributed by atoms with Gasteiger partial charge in [0.15, 0.2) is 5.75 Å². The minimum Gasteiger partial charge on any atom is -0.431 e. The van der Waals surface area contributed by atoms with Gasteiger partial charge in [0.1, 0.15) is 0 Å². The summed E-state index contributed by atoms with van der Waals surface area (Å²) in [6, 6.07) is 5.86. The Balaban J connectivity index is 2.28. The maximum absolute atomic E-state index is 12.5. The molecule has 2 aromatic carbocycles. The first-order valence-electron chi connectivity index (χ1n) is 6.50. The van der Waals surface area contributed by atoms with E-state index in [0.29, 0.717) is 0 Å². The molecule has 0 fully saturated rings. The molecule has 134 valence electrons. The molecule has 2 rings (SSSR count). The quantitative estimate of drug-likeness (QED) is 0.590. The van der Waals surface area contributed by atoms with Gasteiger partial charge in [0.05, 0.1) is 15.7 Å². The second-order valence-electron chi connectivity index (χ2n) is 4.67. The van der Waals surface area contributed by atoms with Crippen LogP contribution in [-0.2, 0) is 6.18 Å². The predicted octanol–water partition coefficient (Wildman–Crippen LogP) is 5.98. The fraction of sp³-hybridized carbons (Fsp3) is 0.133. The number of hydrogen-bond acceptors (Lipinski definition) is 2. The van der Waals surface area contributed by atoms with Gasteiger partial charge in [0.2, 0.25) is 0 Å². The van der Waals surface area contributed by atoms with Gasteiger partial charge in [-0.1, -0.05) is 11.6 Å². The van der Waals surface area contributed by atoms with E-state index in [4.69, 9.17) is 11.6 Å². The number of carbonyl (C=O) groups is 1.